The Balaban J connectivity index is 1.39. The van der Waals surface area contributed by atoms with Gasteiger partial charge >= 0.3 is 12.1 Å². The van der Waals surface area contributed by atoms with Gasteiger partial charge in [-0.1, -0.05) is 42.5 Å². The maximum atomic E-state index is 12.4. The summed E-state index contributed by atoms with van der Waals surface area (Å²) in [6.45, 7) is 2.44. The first-order chi connectivity index (χ1) is 19.0. The maximum absolute atomic E-state index is 12.4. The Hall–Kier alpha value is -5.29. The highest BCUT2D eigenvalue weighted by Gasteiger charge is 2.13. The number of carbonyl (C=O) groups is 2. The molecule has 8 nitrogen and oxygen atoms in total. The molecular weight excluding hydrogens is 496 g/mol. The Bertz CT molecular complexity index is 1450. The molecule has 0 aromatic heterocycles. The molecule has 0 radical (unpaired) electrons. The fraction of sp³-hybridized carbons (Fsp3) is 0.129. The summed E-state index contributed by atoms with van der Waals surface area (Å²) < 4.78 is 22.3. The van der Waals surface area contributed by atoms with E-state index < -0.39 is 12.1 Å². The number of carbonyl (C=O) groups excluding carboxylic acids is 2. The van der Waals surface area contributed by atoms with Gasteiger partial charge in [0.2, 0.25) is 0 Å². The quantitative estimate of drug-likeness (QED) is 0.230. The summed E-state index contributed by atoms with van der Waals surface area (Å²) in [6.07, 6.45) is -0.509. The van der Waals surface area contributed by atoms with Crippen molar-refractivity contribution in [1.29, 1.82) is 5.26 Å². The van der Waals surface area contributed by atoms with E-state index in [0.717, 1.165) is 11.1 Å². The lowest BCUT2D eigenvalue weighted by Crippen LogP contribution is -2.23. The monoisotopic (exact) mass is 522 g/mol. The second-order valence-corrected chi connectivity index (χ2v) is 8.31. The number of hydrogen-bond donors (Lipinski definition) is 1. The molecule has 4 rings (SSSR count). The molecule has 0 spiro atoms. The van der Waals surface area contributed by atoms with Crippen molar-refractivity contribution in [2.75, 3.05) is 6.61 Å². The Labute approximate surface area is 226 Å². The van der Waals surface area contributed by atoms with Crippen molar-refractivity contribution < 1.29 is 28.5 Å². The number of ether oxygens (including phenoxy) is 4. The molecule has 39 heavy (non-hydrogen) atoms. The van der Waals surface area contributed by atoms with Crippen molar-refractivity contribution in [2.24, 2.45) is 0 Å². The zero-order valence-electron chi connectivity index (χ0n) is 21.3. The third-order valence-electron chi connectivity index (χ3n) is 5.42. The molecule has 196 valence electrons. The highest BCUT2D eigenvalue weighted by Crippen LogP contribution is 2.31. The predicted octanol–water partition coefficient (Wildman–Crippen LogP) is 6.75. The number of benzene rings is 4. The van der Waals surface area contributed by atoms with E-state index in [-0.39, 0.29) is 25.3 Å². The van der Waals surface area contributed by atoms with E-state index in [1.54, 1.807) is 61.5 Å². The van der Waals surface area contributed by atoms with E-state index in [0.29, 0.717) is 28.6 Å². The average molecular weight is 523 g/mol. The highest BCUT2D eigenvalue weighted by atomic mass is 16.5. The summed E-state index contributed by atoms with van der Waals surface area (Å²) in [6, 6.07) is 30.0. The van der Waals surface area contributed by atoms with Crippen LogP contribution in [-0.4, -0.2) is 18.7 Å². The van der Waals surface area contributed by atoms with Crippen LogP contribution in [0.3, 0.4) is 0 Å². The Morgan fingerprint density at radius 1 is 0.744 bits per heavy atom. The average Bonchev–Trinajstić information content (AvgIpc) is 2.96. The smallest absolute Gasteiger partial charge is 0.407 e. The number of amides is 1. The van der Waals surface area contributed by atoms with Gasteiger partial charge in [-0.05, 0) is 66.6 Å². The van der Waals surface area contributed by atoms with Crippen LogP contribution in [0.1, 0.15) is 34.0 Å². The number of nitrogens with zero attached hydrogens (tertiary/aromatic N) is 1. The summed E-state index contributed by atoms with van der Waals surface area (Å²) in [5.41, 5.74) is 2.54. The SMILES string of the molecule is CCOC(=O)c1cc(Oc2ccc(C#N)cc2)cc(Oc2ccc(CNC(=O)OCc3ccccc3)cc2)c1. The third kappa shape index (κ3) is 8.10. The molecule has 4 aromatic rings. The van der Waals surface area contributed by atoms with Crippen LogP contribution in [0, 0.1) is 11.3 Å². The van der Waals surface area contributed by atoms with Gasteiger partial charge in [-0.2, -0.15) is 5.26 Å². The van der Waals surface area contributed by atoms with Crippen molar-refractivity contribution in [3.63, 3.8) is 0 Å². The van der Waals surface area contributed by atoms with Crippen molar-refractivity contribution in [3.05, 3.63) is 119 Å². The van der Waals surface area contributed by atoms with Crippen LogP contribution >= 0.6 is 0 Å². The first-order valence-electron chi connectivity index (χ1n) is 12.2. The second kappa shape index (κ2) is 13.3. The number of alkyl carbamates (subject to hydrolysis) is 1. The first-order valence-corrected chi connectivity index (χ1v) is 12.2. The molecule has 0 bridgehead atoms. The molecule has 0 aliphatic rings. The molecule has 0 unspecified atom stereocenters. The summed E-state index contributed by atoms with van der Waals surface area (Å²) in [5, 5.41) is 11.7. The fourth-order valence-electron chi connectivity index (χ4n) is 3.52. The van der Waals surface area contributed by atoms with Gasteiger partial charge < -0.3 is 24.3 Å². The van der Waals surface area contributed by atoms with E-state index >= 15 is 0 Å². The minimum Gasteiger partial charge on any atom is -0.462 e. The van der Waals surface area contributed by atoms with Crippen LogP contribution < -0.4 is 14.8 Å². The minimum atomic E-state index is -0.509. The van der Waals surface area contributed by atoms with Gasteiger partial charge in [0.15, 0.2) is 0 Å². The number of esters is 1. The van der Waals surface area contributed by atoms with Crippen LogP contribution in [0.4, 0.5) is 4.79 Å². The van der Waals surface area contributed by atoms with Crippen LogP contribution in [0.25, 0.3) is 0 Å². The minimum absolute atomic E-state index is 0.196. The fourth-order valence-corrected chi connectivity index (χ4v) is 3.52. The standard InChI is InChI=1S/C31H26N2O6/c1-2-36-30(34)25-16-28(38-26-12-8-22(19-32)9-13-26)18-29(17-25)39-27-14-10-23(11-15-27)20-33-31(35)37-21-24-6-4-3-5-7-24/h3-18H,2,20-21H2,1H3,(H,33,35). The number of hydrogen-bond acceptors (Lipinski definition) is 7. The molecular formula is C31H26N2O6. The van der Waals surface area contributed by atoms with Crippen LogP contribution in [0.5, 0.6) is 23.0 Å². The summed E-state index contributed by atoms with van der Waals surface area (Å²) in [5.74, 6) is 1.26. The van der Waals surface area contributed by atoms with Crippen molar-refractivity contribution in [3.8, 4) is 29.1 Å². The lowest BCUT2D eigenvalue weighted by molar-refractivity contribution is 0.0525. The van der Waals surface area contributed by atoms with Gasteiger partial charge in [-0.3, -0.25) is 0 Å². The molecule has 0 heterocycles. The number of nitrogens with one attached hydrogen (secondary N) is 1. The van der Waals surface area contributed by atoms with E-state index in [2.05, 4.69) is 11.4 Å². The second-order valence-electron chi connectivity index (χ2n) is 8.31. The van der Waals surface area contributed by atoms with Crippen LogP contribution in [0.15, 0.2) is 97.1 Å². The molecule has 0 saturated heterocycles. The third-order valence-corrected chi connectivity index (χ3v) is 5.42. The van der Waals surface area contributed by atoms with E-state index in [9.17, 15) is 9.59 Å². The first kappa shape index (κ1) is 26.8. The summed E-state index contributed by atoms with van der Waals surface area (Å²) in [4.78, 5) is 24.4. The number of nitriles is 1. The summed E-state index contributed by atoms with van der Waals surface area (Å²) in [7, 11) is 0. The lowest BCUT2D eigenvalue weighted by Gasteiger charge is -2.12. The lowest BCUT2D eigenvalue weighted by atomic mass is 10.2. The molecule has 0 fully saturated rings. The maximum Gasteiger partial charge on any atom is 0.407 e. The van der Waals surface area contributed by atoms with E-state index in [1.807, 2.05) is 42.5 Å². The molecule has 4 aromatic carbocycles. The van der Waals surface area contributed by atoms with Gasteiger partial charge in [-0.25, -0.2) is 9.59 Å². The van der Waals surface area contributed by atoms with Gasteiger partial charge in [0.05, 0.1) is 23.8 Å². The van der Waals surface area contributed by atoms with Crippen LogP contribution in [0.2, 0.25) is 0 Å². The molecule has 0 aliphatic carbocycles. The van der Waals surface area contributed by atoms with Gasteiger partial charge in [-0.15, -0.1) is 0 Å². The molecule has 1 amide bonds. The van der Waals surface area contributed by atoms with Gasteiger partial charge in [0.1, 0.15) is 29.6 Å². The molecule has 0 aliphatic heterocycles. The molecule has 1 N–H and O–H groups in total. The largest absolute Gasteiger partial charge is 0.462 e. The predicted molar refractivity (Wildman–Crippen MR) is 144 cm³/mol. The Morgan fingerprint density at radius 3 is 1.95 bits per heavy atom. The topological polar surface area (TPSA) is 107 Å². The van der Waals surface area contributed by atoms with Gasteiger partial charge in [0.25, 0.3) is 0 Å². The molecule has 0 saturated carbocycles. The Kier molecular flexibility index (Phi) is 9.13. The highest BCUT2D eigenvalue weighted by molar-refractivity contribution is 5.90. The summed E-state index contributed by atoms with van der Waals surface area (Å²) >= 11 is 0. The number of rotatable bonds is 10. The molecule has 0 atom stereocenters. The van der Waals surface area contributed by atoms with Crippen molar-refractivity contribution in [1.82, 2.24) is 5.32 Å². The van der Waals surface area contributed by atoms with Crippen molar-refractivity contribution in [2.45, 2.75) is 20.1 Å². The normalized spacial score (nSPS) is 10.2. The van der Waals surface area contributed by atoms with E-state index in [1.165, 1.54) is 0 Å². The van der Waals surface area contributed by atoms with Crippen LogP contribution in [-0.2, 0) is 22.6 Å². The Morgan fingerprint density at radius 2 is 1.36 bits per heavy atom. The van der Waals surface area contributed by atoms with Crippen molar-refractivity contribution >= 4 is 12.1 Å². The van der Waals surface area contributed by atoms with Gasteiger partial charge in [0, 0.05) is 12.6 Å². The zero-order valence-corrected chi connectivity index (χ0v) is 21.3. The zero-order chi connectivity index (χ0) is 27.5. The molecule has 8 heteroatoms. The van der Waals surface area contributed by atoms with E-state index in [4.69, 9.17) is 24.2 Å².